The van der Waals surface area contributed by atoms with Crippen molar-refractivity contribution in [3.8, 4) is 23.1 Å². The quantitative estimate of drug-likeness (QED) is 0.443. The van der Waals surface area contributed by atoms with Crippen LogP contribution in [0.5, 0.6) is 17.4 Å². The van der Waals surface area contributed by atoms with Gasteiger partial charge in [-0.2, -0.15) is 4.99 Å². The molecule has 1 saturated heterocycles. The lowest BCUT2D eigenvalue weighted by molar-refractivity contribution is -0.671. The number of methoxy groups -OCH3 is 2. The van der Waals surface area contributed by atoms with Crippen molar-refractivity contribution in [2.45, 2.75) is 0 Å². The van der Waals surface area contributed by atoms with E-state index in [0.717, 1.165) is 0 Å². The number of nitrogens with zero attached hydrogens (tertiary/aromatic N) is 6. The first-order chi connectivity index (χ1) is 16.1. The zero-order valence-corrected chi connectivity index (χ0v) is 17.3. The van der Waals surface area contributed by atoms with E-state index in [1.807, 2.05) is 0 Å². The number of ether oxygens (including phenoxy) is 2. The minimum absolute atomic E-state index is 0.0150. The normalized spacial score (nSPS) is 17.3. The smallest absolute Gasteiger partial charge is 0.380 e. The van der Waals surface area contributed by atoms with Crippen molar-refractivity contribution >= 4 is 17.5 Å². The summed E-state index contributed by atoms with van der Waals surface area (Å²) in [6.07, 6.45) is 0. The van der Waals surface area contributed by atoms with E-state index in [1.165, 1.54) is 9.69 Å². The summed E-state index contributed by atoms with van der Waals surface area (Å²) < 4.78 is 16.3. The van der Waals surface area contributed by atoms with Crippen LogP contribution in [0.4, 0.5) is 5.69 Å². The molecule has 0 amide bonds. The Balaban J connectivity index is 1.53. The number of hydrazine groups is 1. The summed E-state index contributed by atoms with van der Waals surface area (Å²) in [6, 6.07) is 13.6. The van der Waals surface area contributed by atoms with Gasteiger partial charge in [0.1, 0.15) is 11.5 Å². The Hall–Kier alpha value is -4.78. The van der Waals surface area contributed by atoms with Gasteiger partial charge in [0.15, 0.2) is 11.6 Å². The zero-order chi connectivity index (χ0) is 22.9. The first-order valence-corrected chi connectivity index (χ1v) is 9.48. The van der Waals surface area contributed by atoms with E-state index >= 15 is 0 Å². The van der Waals surface area contributed by atoms with E-state index in [9.17, 15) is 9.90 Å². The van der Waals surface area contributed by atoms with Crippen LogP contribution in [0.3, 0.4) is 0 Å². The van der Waals surface area contributed by atoms with Crippen LogP contribution < -0.4 is 29.9 Å². The second kappa shape index (κ2) is 8.05. The van der Waals surface area contributed by atoms with Gasteiger partial charge in [0.25, 0.3) is 5.84 Å². The zero-order valence-electron chi connectivity index (χ0n) is 17.3. The summed E-state index contributed by atoms with van der Waals surface area (Å²) in [5.74, 6) is -0.359. The maximum Gasteiger partial charge on any atom is 0.380 e. The summed E-state index contributed by atoms with van der Waals surface area (Å²) >= 11 is 0. The molecule has 3 aromatic rings. The Labute approximate surface area is 185 Å². The number of rotatable bonds is 5. The first-order valence-electron chi connectivity index (χ1n) is 9.48. The lowest BCUT2D eigenvalue weighted by Crippen LogP contribution is -2.38. The molecule has 5 rings (SSSR count). The minimum Gasteiger partial charge on any atom is -0.539 e. The van der Waals surface area contributed by atoms with Crippen LogP contribution >= 0.6 is 0 Å². The fourth-order valence-corrected chi connectivity index (χ4v) is 3.15. The number of nitrogens with one attached hydrogen (secondary N) is 1. The van der Waals surface area contributed by atoms with Gasteiger partial charge in [0.05, 0.1) is 25.2 Å². The monoisotopic (exact) mass is 449 g/mol. The number of benzene rings is 2. The summed E-state index contributed by atoms with van der Waals surface area (Å²) in [5, 5.41) is 25.4. The first kappa shape index (κ1) is 20.1. The Morgan fingerprint density at radius 1 is 1.00 bits per heavy atom. The number of aliphatic imine (C=N–C) groups is 1. The lowest BCUT2D eigenvalue weighted by atomic mass is 10.2. The topological polar surface area (TPSA) is 150 Å². The van der Waals surface area contributed by atoms with Crippen molar-refractivity contribution in [3.05, 3.63) is 65.7 Å². The van der Waals surface area contributed by atoms with Crippen LogP contribution in [0.2, 0.25) is 0 Å². The van der Waals surface area contributed by atoms with Crippen molar-refractivity contribution in [2.75, 3.05) is 19.2 Å². The van der Waals surface area contributed by atoms with Gasteiger partial charge in [-0.05, 0) is 41.1 Å². The molecule has 0 atom stereocenters. The van der Waals surface area contributed by atoms with Gasteiger partial charge in [-0.3, -0.25) is 0 Å². The van der Waals surface area contributed by atoms with Crippen LogP contribution in [0.15, 0.2) is 79.8 Å². The standard InChI is InChI=1S/C20H15N7O6/c1-30-13-7-3-11(4-8-13)26-15(19(28)32-24-26)17-21-18(23-22-17)16-20(29)33-25-27(16)12-5-9-14(31-2)10-6-12/h3-10H,1-2H3,(H-,21,24,25,28,29). The van der Waals surface area contributed by atoms with E-state index in [4.69, 9.17) is 18.8 Å². The Morgan fingerprint density at radius 2 is 1.67 bits per heavy atom. The van der Waals surface area contributed by atoms with Crippen LogP contribution in [0.25, 0.3) is 5.69 Å². The molecular weight excluding hydrogens is 434 g/mol. The highest BCUT2D eigenvalue weighted by Gasteiger charge is 2.36. The van der Waals surface area contributed by atoms with Crippen molar-refractivity contribution < 1.29 is 33.4 Å². The Bertz CT molecular complexity index is 1310. The van der Waals surface area contributed by atoms with Crippen LogP contribution in [0.1, 0.15) is 5.69 Å². The molecule has 0 spiro atoms. The summed E-state index contributed by atoms with van der Waals surface area (Å²) in [4.78, 5) is 21.6. The summed E-state index contributed by atoms with van der Waals surface area (Å²) in [6.45, 7) is 0. The lowest BCUT2D eigenvalue weighted by Gasteiger charge is -2.15. The molecule has 3 heterocycles. The molecule has 2 aliphatic rings. The molecule has 2 aliphatic heterocycles. The van der Waals surface area contributed by atoms with Crippen molar-refractivity contribution in [1.82, 2.24) is 10.9 Å². The van der Waals surface area contributed by atoms with Crippen LogP contribution in [-0.2, 0) is 9.63 Å². The molecule has 1 fully saturated rings. The van der Waals surface area contributed by atoms with Crippen molar-refractivity contribution in [2.24, 2.45) is 15.2 Å². The number of hydrogen-bond acceptors (Lipinski definition) is 12. The Kier molecular flexibility index (Phi) is 4.91. The second-order valence-corrected chi connectivity index (χ2v) is 6.64. The van der Waals surface area contributed by atoms with Gasteiger partial charge in [-0.15, -0.1) is 10.2 Å². The fraction of sp³-hybridized carbons (Fsp3) is 0.100. The molecule has 0 saturated carbocycles. The van der Waals surface area contributed by atoms with E-state index < -0.39 is 11.9 Å². The maximum absolute atomic E-state index is 12.4. The number of anilines is 1. The molecule has 1 N–H and O–H groups in total. The fourth-order valence-electron chi connectivity index (χ4n) is 3.15. The molecular formula is C20H15N7O6. The van der Waals surface area contributed by atoms with E-state index in [1.54, 1.807) is 62.8 Å². The molecule has 13 heteroatoms. The number of azo groups is 1. The molecule has 13 nitrogen and oxygen atoms in total. The van der Waals surface area contributed by atoms with Crippen LogP contribution in [0, 0.1) is 0 Å². The maximum atomic E-state index is 12.4. The third kappa shape index (κ3) is 3.51. The highest BCUT2D eigenvalue weighted by atomic mass is 16.7. The van der Waals surface area contributed by atoms with Crippen molar-refractivity contribution in [1.29, 1.82) is 0 Å². The predicted molar refractivity (Wildman–Crippen MR) is 107 cm³/mol. The third-order valence-corrected chi connectivity index (χ3v) is 4.78. The largest absolute Gasteiger partial charge is 0.539 e. The third-order valence-electron chi connectivity index (χ3n) is 4.78. The molecule has 0 unspecified atom stereocenters. The van der Waals surface area contributed by atoms with Gasteiger partial charge >= 0.3 is 11.7 Å². The highest BCUT2D eigenvalue weighted by Crippen LogP contribution is 2.29. The number of carbonyl (C=O) groups is 1. The van der Waals surface area contributed by atoms with Gasteiger partial charge < -0.3 is 23.9 Å². The van der Waals surface area contributed by atoms with Gasteiger partial charge in [-0.25, -0.2) is 9.80 Å². The molecule has 33 heavy (non-hydrogen) atoms. The Morgan fingerprint density at radius 3 is 2.33 bits per heavy atom. The molecule has 0 aliphatic carbocycles. The van der Waals surface area contributed by atoms with Gasteiger partial charge in [0, 0.05) is 12.1 Å². The number of carbonyl (C=O) groups excluding carboxylic acids is 1. The molecule has 166 valence electrons. The SMILES string of the molecule is COc1ccc(N2NOC(=O)/C2=C2/N=NC(c3c([O-])on[n+]3-c3ccc(OC)cc3)=N2)cc1. The molecule has 1 aromatic heterocycles. The molecule has 2 aromatic carbocycles. The van der Waals surface area contributed by atoms with E-state index in [2.05, 4.69) is 26.1 Å². The molecule has 0 radical (unpaired) electrons. The van der Waals surface area contributed by atoms with E-state index in [-0.39, 0.29) is 23.0 Å². The minimum atomic E-state index is -0.770. The summed E-state index contributed by atoms with van der Waals surface area (Å²) in [7, 11) is 3.09. The average Bonchev–Trinajstić information content (AvgIpc) is 3.57. The second-order valence-electron chi connectivity index (χ2n) is 6.64. The highest BCUT2D eigenvalue weighted by molar-refractivity contribution is 6.01. The number of amidine groups is 1. The van der Waals surface area contributed by atoms with Gasteiger partial charge in [0.2, 0.25) is 11.5 Å². The van der Waals surface area contributed by atoms with E-state index in [0.29, 0.717) is 22.9 Å². The van der Waals surface area contributed by atoms with Crippen LogP contribution in [-0.4, -0.2) is 31.3 Å². The van der Waals surface area contributed by atoms with Crippen molar-refractivity contribution in [3.63, 3.8) is 0 Å². The molecule has 0 bridgehead atoms. The van der Waals surface area contributed by atoms with Gasteiger partial charge in [-0.1, -0.05) is 5.59 Å². The predicted octanol–water partition coefficient (Wildman–Crippen LogP) is 0.907. The summed E-state index contributed by atoms with van der Waals surface area (Å²) in [5.41, 5.74) is 3.50. The average molecular weight is 449 g/mol. The number of hydrogen-bond donors (Lipinski definition) is 1. The number of aromatic nitrogens is 2.